The van der Waals surface area contributed by atoms with Gasteiger partial charge in [-0.15, -0.1) is 11.3 Å². The summed E-state index contributed by atoms with van der Waals surface area (Å²) >= 11 is 1.72. The molecule has 13 heavy (non-hydrogen) atoms. The van der Waals surface area contributed by atoms with Crippen molar-refractivity contribution in [2.24, 2.45) is 5.41 Å². The van der Waals surface area contributed by atoms with Gasteiger partial charge >= 0.3 is 0 Å². The van der Waals surface area contributed by atoms with Crippen LogP contribution in [0.1, 0.15) is 37.1 Å². The van der Waals surface area contributed by atoms with Crippen molar-refractivity contribution >= 4 is 11.3 Å². The molecule has 1 saturated carbocycles. The van der Waals surface area contributed by atoms with E-state index in [-0.39, 0.29) is 5.41 Å². The Labute approximate surface area is 83.4 Å². The standard InChI is InChI=1S/C11H16OS/c1-8-9(4-7-13-8)11(3,12)10(2)5-6-10/h4,7,12H,5-6H2,1-3H3. The summed E-state index contributed by atoms with van der Waals surface area (Å²) in [4.78, 5) is 1.25. The Bertz CT molecular complexity index is 321. The molecule has 1 aliphatic carbocycles. The van der Waals surface area contributed by atoms with Crippen LogP contribution in [-0.2, 0) is 5.60 Å². The molecule has 1 aromatic rings. The lowest BCUT2D eigenvalue weighted by molar-refractivity contribution is -0.0127. The van der Waals surface area contributed by atoms with Gasteiger partial charge in [0.05, 0.1) is 5.60 Å². The van der Waals surface area contributed by atoms with E-state index in [0.717, 1.165) is 18.4 Å². The van der Waals surface area contributed by atoms with Crippen LogP contribution in [0.25, 0.3) is 0 Å². The highest BCUT2D eigenvalue weighted by atomic mass is 32.1. The van der Waals surface area contributed by atoms with Crippen molar-refractivity contribution in [3.63, 3.8) is 0 Å². The van der Waals surface area contributed by atoms with Crippen LogP contribution in [0.4, 0.5) is 0 Å². The Kier molecular flexibility index (Phi) is 1.83. The minimum atomic E-state index is -0.628. The third kappa shape index (κ3) is 1.24. The number of rotatable bonds is 2. The fraction of sp³-hybridized carbons (Fsp3) is 0.636. The molecule has 0 spiro atoms. The van der Waals surface area contributed by atoms with E-state index in [1.165, 1.54) is 4.88 Å². The summed E-state index contributed by atoms with van der Waals surface area (Å²) in [7, 11) is 0. The number of aryl methyl sites for hydroxylation is 1. The highest BCUT2D eigenvalue weighted by molar-refractivity contribution is 7.10. The van der Waals surface area contributed by atoms with E-state index in [1.54, 1.807) is 11.3 Å². The molecule has 0 bridgehead atoms. The Hall–Kier alpha value is -0.340. The molecule has 2 heteroatoms. The highest BCUT2D eigenvalue weighted by Gasteiger charge is 2.53. The molecule has 1 unspecified atom stereocenters. The van der Waals surface area contributed by atoms with Gasteiger partial charge in [-0.25, -0.2) is 0 Å². The smallest absolute Gasteiger partial charge is 0.0932 e. The van der Waals surface area contributed by atoms with Crippen LogP contribution in [0.5, 0.6) is 0 Å². The summed E-state index contributed by atoms with van der Waals surface area (Å²) < 4.78 is 0. The van der Waals surface area contributed by atoms with E-state index in [9.17, 15) is 5.11 Å². The first kappa shape index (κ1) is 9.22. The molecule has 0 aromatic carbocycles. The molecule has 72 valence electrons. The Balaban J connectivity index is 2.40. The molecule has 1 aliphatic rings. The van der Waals surface area contributed by atoms with E-state index in [1.807, 2.05) is 6.92 Å². The summed E-state index contributed by atoms with van der Waals surface area (Å²) in [5, 5.41) is 12.5. The Morgan fingerprint density at radius 1 is 1.54 bits per heavy atom. The van der Waals surface area contributed by atoms with Gasteiger partial charge in [-0.05, 0) is 43.7 Å². The van der Waals surface area contributed by atoms with Crippen LogP contribution in [0.2, 0.25) is 0 Å². The number of hydrogen-bond donors (Lipinski definition) is 1. The van der Waals surface area contributed by atoms with Gasteiger partial charge in [0.2, 0.25) is 0 Å². The lowest BCUT2D eigenvalue weighted by Gasteiger charge is -2.30. The minimum absolute atomic E-state index is 0.124. The molecule has 1 heterocycles. The zero-order chi connectivity index (χ0) is 9.69. The zero-order valence-corrected chi connectivity index (χ0v) is 9.24. The van der Waals surface area contributed by atoms with Crippen LogP contribution in [0.3, 0.4) is 0 Å². The normalized spacial score (nSPS) is 24.0. The van der Waals surface area contributed by atoms with Gasteiger partial charge in [0.15, 0.2) is 0 Å². The maximum Gasteiger partial charge on any atom is 0.0932 e. The van der Waals surface area contributed by atoms with Crippen LogP contribution in [0, 0.1) is 12.3 Å². The van der Waals surface area contributed by atoms with E-state index in [4.69, 9.17) is 0 Å². The second kappa shape index (κ2) is 2.58. The molecule has 0 aliphatic heterocycles. The summed E-state index contributed by atoms with van der Waals surface area (Å²) in [6, 6.07) is 2.06. The summed E-state index contributed by atoms with van der Waals surface area (Å²) in [6.07, 6.45) is 2.30. The predicted molar refractivity (Wildman–Crippen MR) is 56.0 cm³/mol. The van der Waals surface area contributed by atoms with Crippen molar-refractivity contribution in [3.8, 4) is 0 Å². The Morgan fingerprint density at radius 2 is 2.15 bits per heavy atom. The first-order chi connectivity index (χ1) is 5.97. The number of hydrogen-bond acceptors (Lipinski definition) is 2. The fourth-order valence-corrected chi connectivity index (χ4v) is 2.69. The van der Waals surface area contributed by atoms with Crippen molar-refractivity contribution in [2.75, 3.05) is 0 Å². The summed E-state index contributed by atoms with van der Waals surface area (Å²) in [5.41, 5.74) is 0.619. The van der Waals surface area contributed by atoms with Gasteiger partial charge < -0.3 is 5.11 Å². The Morgan fingerprint density at radius 3 is 2.54 bits per heavy atom. The molecule has 1 N–H and O–H groups in total. The first-order valence-electron chi connectivity index (χ1n) is 4.74. The predicted octanol–water partition coefficient (Wildman–Crippen LogP) is 3.06. The summed E-state index contributed by atoms with van der Waals surface area (Å²) in [6.45, 7) is 6.21. The molecule has 2 rings (SSSR count). The van der Waals surface area contributed by atoms with Crippen molar-refractivity contribution in [1.82, 2.24) is 0 Å². The van der Waals surface area contributed by atoms with Gasteiger partial charge in [-0.2, -0.15) is 0 Å². The second-order valence-electron chi connectivity index (χ2n) is 4.52. The quantitative estimate of drug-likeness (QED) is 0.770. The maximum atomic E-state index is 10.5. The van der Waals surface area contributed by atoms with E-state index in [2.05, 4.69) is 25.3 Å². The second-order valence-corrected chi connectivity index (χ2v) is 5.64. The van der Waals surface area contributed by atoms with Crippen molar-refractivity contribution in [1.29, 1.82) is 0 Å². The number of aliphatic hydroxyl groups is 1. The lowest BCUT2D eigenvalue weighted by atomic mass is 9.81. The molecule has 1 fully saturated rings. The third-order valence-corrected chi connectivity index (χ3v) is 4.40. The van der Waals surface area contributed by atoms with Gasteiger partial charge in [-0.3, -0.25) is 0 Å². The van der Waals surface area contributed by atoms with Gasteiger partial charge in [0.1, 0.15) is 0 Å². The van der Waals surface area contributed by atoms with Crippen LogP contribution in [-0.4, -0.2) is 5.11 Å². The largest absolute Gasteiger partial charge is 0.385 e. The minimum Gasteiger partial charge on any atom is -0.385 e. The molecule has 0 radical (unpaired) electrons. The summed E-state index contributed by atoms with van der Waals surface area (Å²) in [5.74, 6) is 0. The van der Waals surface area contributed by atoms with Crippen LogP contribution >= 0.6 is 11.3 Å². The highest BCUT2D eigenvalue weighted by Crippen LogP contribution is 2.58. The van der Waals surface area contributed by atoms with Crippen molar-refractivity contribution in [3.05, 3.63) is 21.9 Å². The van der Waals surface area contributed by atoms with Gasteiger partial charge in [-0.1, -0.05) is 6.92 Å². The van der Waals surface area contributed by atoms with E-state index < -0.39 is 5.60 Å². The maximum absolute atomic E-state index is 10.5. The molecule has 0 amide bonds. The molecule has 1 aromatic heterocycles. The SMILES string of the molecule is Cc1sccc1C(C)(O)C1(C)CC1. The van der Waals surface area contributed by atoms with E-state index >= 15 is 0 Å². The monoisotopic (exact) mass is 196 g/mol. The van der Waals surface area contributed by atoms with Crippen LogP contribution in [0.15, 0.2) is 11.4 Å². The van der Waals surface area contributed by atoms with Gasteiger partial charge in [0.25, 0.3) is 0 Å². The van der Waals surface area contributed by atoms with Crippen LogP contribution < -0.4 is 0 Å². The first-order valence-corrected chi connectivity index (χ1v) is 5.62. The topological polar surface area (TPSA) is 20.2 Å². The lowest BCUT2D eigenvalue weighted by Crippen LogP contribution is -2.31. The number of thiophene rings is 1. The third-order valence-electron chi connectivity index (χ3n) is 3.56. The molecule has 1 nitrogen and oxygen atoms in total. The molecular weight excluding hydrogens is 180 g/mol. The molecular formula is C11H16OS. The zero-order valence-electron chi connectivity index (χ0n) is 8.42. The fourth-order valence-electron chi connectivity index (χ4n) is 1.89. The van der Waals surface area contributed by atoms with Crippen molar-refractivity contribution < 1.29 is 5.11 Å². The van der Waals surface area contributed by atoms with E-state index in [0.29, 0.717) is 0 Å². The van der Waals surface area contributed by atoms with Crippen molar-refractivity contribution in [2.45, 2.75) is 39.2 Å². The average Bonchev–Trinajstić information content (AvgIpc) is 2.63. The van der Waals surface area contributed by atoms with Gasteiger partial charge in [0, 0.05) is 10.3 Å². The molecule has 1 atom stereocenters. The average molecular weight is 196 g/mol. The molecule has 0 saturated heterocycles.